The molecule has 0 radical (unpaired) electrons. The van der Waals surface area contributed by atoms with Crippen molar-refractivity contribution >= 4 is 46.5 Å². The molecule has 3 rings (SSSR count). The summed E-state index contributed by atoms with van der Waals surface area (Å²) >= 11 is 7.27. The van der Waals surface area contributed by atoms with Gasteiger partial charge in [-0.15, -0.1) is 0 Å². The van der Waals surface area contributed by atoms with Crippen LogP contribution in [0.5, 0.6) is 11.5 Å². The van der Waals surface area contributed by atoms with Crippen LogP contribution in [0.15, 0.2) is 17.0 Å². The second-order valence-electron chi connectivity index (χ2n) is 7.81. The molecule has 2 saturated heterocycles. The second-order valence-corrected chi connectivity index (χ2v) is 9.21. The number of likely N-dealkylation sites (tertiary alicyclic amines) is 1. The molecule has 1 aromatic rings. The number of thioether (sulfide) groups is 1. The van der Waals surface area contributed by atoms with Gasteiger partial charge in [-0.1, -0.05) is 18.5 Å². The van der Waals surface area contributed by atoms with Crippen molar-refractivity contribution in [1.29, 1.82) is 0 Å². The zero-order valence-electron chi connectivity index (χ0n) is 18.7. The topological polar surface area (TPSA) is 76.2 Å². The average Bonchev–Trinajstić information content (AvgIpc) is 3.04. The Morgan fingerprint density at radius 1 is 1.22 bits per heavy atom. The molecule has 2 aliphatic rings. The van der Waals surface area contributed by atoms with Gasteiger partial charge in [0.15, 0.2) is 11.5 Å². The SMILES string of the molecule is CCOc1cc(/C=C2\SC(=O)N(CC(=O)N3CCCCC3)C2=O)cc(Cl)c1O[C@H](C)CC. The van der Waals surface area contributed by atoms with Gasteiger partial charge in [-0.05, 0) is 75.1 Å². The highest BCUT2D eigenvalue weighted by Gasteiger charge is 2.37. The maximum absolute atomic E-state index is 12.8. The molecule has 174 valence electrons. The number of amides is 3. The first-order valence-electron chi connectivity index (χ1n) is 11.0. The van der Waals surface area contributed by atoms with Gasteiger partial charge in [0.2, 0.25) is 5.91 Å². The quantitative estimate of drug-likeness (QED) is 0.489. The molecule has 0 unspecified atom stereocenters. The maximum atomic E-state index is 12.8. The fraction of sp³-hybridized carbons (Fsp3) is 0.522. The van der Waals surface area contributed by atoms with Crippen LogP contribution >= 0.6 is 23.4 Å². The third-order valence-corrected chi connectivity index (χ3v) is 6.59. The van der Waals surface area contributed by atoms with Gasteiger partial charge >= 0.3 is 0 Å². The average molecular weight is 481 g/mol. The Morgan fingerprint density at radius 2 is 1.94 bits per heavy atom. The summed E-state index contributed by atoms with van der Waals surface area (Å²) in [6.45, 7) is 7.36. The smallest absolute Gasteiger partial charge is 0.294 e. The first kappa shape index (κ1) is 24.5. The van der Waals surface area contributed by atoms with Crippen LogP contribution in [0.4, 0.5) is 4.79 Å². The largest absolute Gasteiger partial charge is 0.490 e. The first-order valence-corrected chi connectivity index (χ1v) is 12.2. The number of carbonyl (C=O) groups excluding carboxylic acids is 3. The molecular formula is C23H29ClN2O5S. The summed E-state index contributed by atoms with van der Waals surface area (Å²) in [5.41, 5.74) is 0.614. The Bertz CT molecular complexity index is 914. The Balaban J connectivity index is 1.79. The van der Waals surface area contributed by atoms with E-state index in [0.717, 1.165) is 42.3 Å². The molecular weight excluding hydrogens is 452 g/mol. The highest BCUT2D eigenvalue weighted by atomic mass is 35.5. The van der Waals surface area contributed by atoms with Crippen molar-refractivity contribution in [3.8, 4) is 11.5 Å². The summed E-state index contributed by atoms with van der Waals surface area (Å²) in [5, 5.41) is -0.0820. The van der Waals surface area contributed by atoms with E-state index in [1.165, 1.54) is 0 Å². The van der Waals surface area contributed by atoms with Gasteiger partial charge in [-0.2, -0.15) is 0 Å². The molecule has 0 spiro atoms. The van der Waals surface area contributed by atoms with Crippen LogP contribution in [-0.2, 0) is 9.59 Å². The number of benzene rings is 1. The number of halogens is 1. The monoisotopic (exact) mass is 480 g/mol. The summed E-state index contributed by atoms with van der Waals surface area (Å²) < 4.78 is 11.6. The van der Waals surface area contributed by atoms with Gasteiger partial charge in [0.05, 0.1) is 22.6 Å². The number of hydrogen-bond acceptors (Lipinski definition) is 6. The summed E-state index contributed by atoms with van der Waals surface area (Å²) in [6.07, 6.45) is 5.37. The highest BCUT2D eigenvalue weighted by molar-refractivity contribution is 8.18. The molecule has 2 fully saturated rings. The second kappa shape index (κ2) is 11.1. The predicted octanol–water partition coefficient (Wildman–Crippen LogP) is 4.96. The fourth-order valence-electron chi connectivity index (χ4n) is 3.50. The molecule has 2 heterocycles. The summed E-state index contributed by atoms with van der Waals surface area (Å²) in [4.78, 5) is 40.8. The molecule has 3 amide bonds. The van der Waals surface area contributed by atoms with E-state index < -0.39 is 11.1 Å². The van der Waals surface area contributed by atoms with Crippen molar-refractivity contribution in [2.24, 2.45) is 0 Å². The minimum Gasteiger partial charge on any atom is -0.490 e. The number of nitrogens with zero attached hydrogens (tertiary/aromatic N) is 2. The molecule has 0 aromatic heterocycles. The third-order valence-electron chi connectivity index (χ3n) is 5.40. The van der Waals surface area contributed by atoms with Gasteiger partial charge in [0, 0.05) is 13.1 Å². The molecule has 0 saturated carbocycles. The molecule has 1 atom stereocenters. The third kappa shape index (κ3) is 5.78. The Morgan fingerprint density at radius 3 is 2.59 bits per heavy atom. The Hall–Kier alpha value is -2.19. The molecule has 0 aliphatic carbocycles. The van der Waals surface area contributed by atoms with E-state index in [4.69, 9.17) is 21.1 Å². The summed E-state index contributed by atoms with van der Waals surface area (Å²) in [5.74, 6) is 0.271. The van der Waals surface area contributed by atoms with E-state index in [1.54, 1.807) is 23.1 Å². The van der Waals surface area contributed by atoms with Crippen LogP contribution in [0, 0.1) is 0 Å². The lowest BCUT2D eigenvalue weighted by atomic mass is 10.1. The fourth-order valence-corrected chi connectivity index (χ4v) is 4.60. The van der Waals surface area contributed by atoms with Crippen LogP contribution in [0.25, 0.3) is 6.08 Å². The first-order chi connectivity index (χ1) is 15.3. The molecule has 32 heavy (non-hydrogen) atoms. The zero-order valence-corrected chi connectivity index (χ0v) is 20.3. The van der Waals surface area contributed by atoms with Crippen LogP contribution in [0.3, 0.4) is 0 Å². The number of carbonyl (C=O) groups is 3. The van der Waals surface area contributed by atoms with Crippen LogP contribution in [0.1, 0.15) is 52.0 Å². The lowest BCUT2D eigenvalue weighted by Gasteiger charge is -2.27. The number of imide groups is 1. The lowest BCUT2D eigenvalue weighted by Crippen LogP contribution is -2.44. The van der Waals surface area contributed by atoms with Gasteiger partial charge in [-0.25, -0.2) is 0 Å². The Labute approximate surface area is 198 Å². The van der Waals surface area contributed by atoms with Crippen LogP contribution < -0.4 is 9.47 Å². The summed E-state index contributed by atoms with van der Waals surface area (Å²) in [6, 6.07) is 3.41. The number of ether oxygens (including phenoxy) is 2. The Kier molecular flexibility index (Phi) is 8.48. The van der Waals surface area contributed by atoms with E-state index in [2.05, 4.69) is 0 Å². The van der Waals surface area contributed by atoms with Crippen molar-refractivity contribution in [2.75, 3.05) is 26.2 Å². The minimum absolute atomic E-state index is 0.0357. The van der Waals surface area contributed by atoms with Gasteiger partial charge in [-0.3, -0.25) is 19.3 Å². The van der Waals surface area contributed by atoms with E-state index in [0.29, 0.717) is 41.8 Å². The van der Waals surface area contributed by atoms with Crippen molar-refractivity contribution in [1.82, 2.24) is 9.80 Å². The molecule has 7 nitrogen and oxygen atoms in total. The van der Waals surface area contributed by atoms with Crippen molar-refractivity contribution in [3.05, 3.63) is 27.6 Å². The molecule has 0 N–H and O–H groups in total. The van der Waals surface area contributed by atoms with Crippen molar-refractivity contribution in [3.63, 3.8) is 0 Å². The van der Waals surface area contributed by atoms with E-state index >= 15 is 0 Å². The molecule has 0 bridgehead atoms. The minimum atomic E-state index is -0.473. The molecule has 9 heteroatoms. The number of piperidine rings is 1. The maximum Gasteiger partial charge on any atom is 0.294 e. The normalized spacial score (nSPS) is 18.9. The van der Waals surface area contributed by atoms with E-state index in [9.17, 15) is 14.4 Å². The van der Waals surface area contributed by atoms with E-state index in [1.807, 2.05) is 20.8 Å². The van der Waals surface area contributed by atoms with Gasteiger partial charge < -0.3 is 14.4 Å². The molecule has 1 aromatic carbocycles. The summed E-state index contributed by atoms with van der Waals surface area (Å²) in [7, 11) is 0. The van der Waals surface area contributed by atoms with Gasteiger partial charge in [0.25, 0.3) is 11.1 Å². The lowest BCUT2D eigenvalue weighted by molar-refractivity contribution is -0.136. The zero-order chi connectivity index (χ0) is 23.3. The van der Waals surface area contributed by atoms with Crippen molar-refractivity contribution in [2.45, 2.75) is 52.6 Å². The van der Waals surface area contributed by atoms with E-state index in [-0.39, 0.29) is 23.5 Å². The standard InChI is InChI=1S/C23H29ClN2O5S/c1-4-15(3)31-21-17(24)11-16(12-18(21)30-5-2)13-19-22(28)26(23(29)32-19)14-20(27)25-9-7-6-8-10-25/h11-13,15H,4-10,14H2,1-3H3/b19-13-/t15-/m1/s1. The highest BCUT2D eigenvalue weighted by Crippen LogP contribution is 2.39. The molecule has 2 aliphatic heterocycles. The van der Waals surface area contributed by atoms with Crippen molar-refractivity contribution < 1.29 is 23.9 Å². The van der Waals surface area contributed by atoms with Gasteiger partial charge in [0.1, 0.15) is 6.54 Å². The van der Waals surface area contributed by atoms with Crippen LogP contribution in [-0.4, -0.2) is 59.2 Å². The number of rotatable bonds is 8. The van der Waals surface area contributed by atoms with Crippen LogP contribution in [0.2, 0.25) is 5.02 Å². The predicted molar refractivity (Wildman–Crippen MR) is 126 cm³/mol. The number of hydrogen-bond donors (Lipinski definition) is 0.